The van der Waals surface area contributed by atoms with E-state index in [1.807, 2.05) is 12.1 Å². The molecule has 0 atom stereocenters. The highest BCUT2D eigenvalue weighted by Crippen LogP contribution is 2.12. The summed E-state index contributed by atoms with van der Waals surface area (Å²) in [7, 11) is 1.73. The third-order valence-electron chi connectivity index (χ3n) is 2.77. The molecule has 0 saturated carbocycles. The lowest BCUT2D eigenvalue weighted by molar-refractivity contribution is 0.202. The van der Waals surface area contributed by atoms with Crippen molar-refractivity contribution in [1.82, 2.24) is 5.32 Å². The normalized spacial score (nSPS) is 10.6. The van der Waals surface area contributed by atoms with Crippen LogP contribution in [-0.4, -0.2) is 33.4 Å². The first-order valence-corrected chi connectivity index (χ1v) is 6.78. The zero-order valence-electron chi connectivity index (χ0n) is 11.6. The molecule has 0 aliphatic rings. The maximum absolute atomic E-state index is 5.65. The molecule has 3 heteroatoms. The fraction of sp³-hybridized carbons (Fsp3) is 0.600. The van der Waals surface area contributed by atoms with Crippen molar-refractivity contribution in [1.29, 1.82) is 0 Å². The van der Waals surface area contributed by atoms with Crippen LogP contribution < -0.4 is 10.1 Å². The highest BCUT2D eigenvalue weighted by Gasteiger charge is 1.96. The van der Waals surface area contributed by atoms with Crippen LogP contribution in [0.5, 0.6) is 5.75 Å². The number of rotatable bonds is 10. The standard InChI is InChI=1S/C15H25NO2/c1-3-4-10-16-11-13-18-15-7-5-14(6-8-15)9-12-17-2/h5-8,16H,3-4,9-13H2,1-2H3. The van der Waals surface area contributed by atoms with Crippen molar-refractivity contribution in [2.24, 2.45) is 0 Å². The molecule has 3 nitrogen and oxygen atoms in total. The summed E-state index contributed by atoms with van der Waals surface area (Å²) in [5.41, 5.74) is 1.28. The van der Waals surface area contributed by atoms with Crippen LogP contribution in [-0.2, 0) is 11.2 Å². The van der Waals surface area contributed by atoms with E-state index < -0.39 is 0 Å². The Labute approximate surface area is 110 Å². The highest BCUT2D eigenvalue weighted by atomic mass is 16.5. The molecule has 0 spiro atoms. The van der Waals surface area contributed by atoms with Crippen molar-refractivity contribution in [3.63, 3.8) is 0 Å². The zero-order chi connectivity index (χ0) is 13.1. The molecule has 0 fully saturated rings. The number of benzene rings is 1. The summed E-state index contributed by atoms with van der Waals surface area (Å²) in [4.78, 5) is 0. The third-order valence-corrected chi connectivity index (χ3v) is 2.77. The maximum atomic E-state index is 5.65. The van der Waals surface area contributed by atoms with Gasteiger partial charge in [0.2, 0.25) is 0 Å². The molecule has 0 heterocycles. The minimum absolute atomic E-state index is 0.723. The van der Waals surface area contributed by atoms with Gasteiger partial charge in [0.1, 0.15) is 12.4 Å². The summed E-state index contributed by atoms with van der Waals surface area (Å²) in [6.45, 7) is 5.67. The van der Waals surface area contributed by atoms with Crippen molar-refractivity contribution < 1.29 is 9.47 Å². The van der Waals surface area contributed by atoms with E-state index in [9.17, 15) is 0 Å². The third kappa shape index (κ3) is 6.62. The Morgan fingerprint density at radius 3 is 2.50 bits per heavy atom. The number of unbranched alkanes of at least 4 members (excludes halogenated alkanes) is 1. The molecule has 0 bridgehead atoms. The second-order valence-electron chi connectivity index (χ2n) is 4.34. The Morgan fingerprint density at radius 1 is 1.06 bits per heavy atom. The van der Waals surface area contributed by atoms with E-state index in [1.165, 1.54) is 18.4 Å². The Balaban J connectivity index is 2.14. The van der Waals surface area contributed by atoms with Gasteiger partial charge < -0.3 is 14.8 Å². The fourth-order valence-electron chi connectivity index (χ4n) is 1.64. The SMILES string of the molecule is CCCCNCCOc1ccc(CCOC)cc1. The lowest BCUT2D eigenvalue weighted by Gasteiger charge is -2.08. The predicted molar refractivity (Wildman–Crippen MR) is 75.3 cm³/mol. The molecule has 0 aliphatic carbocycles. The number of hydrogen-bond donors (Lipinski definition) is 1. The van der Waals surface area contributed by atoms with Crippen molar-refractivity contribution in [2.45, 2.75) is 26.2 Å². The van der Waals surface area contributed by atoms with Crippen LogP contribution in [0.15, 0.2) is 24.3 Å². The summed E-state index contributed by atoms with van der Waals surface area (Å²) < 4.78 is 10.7. The fourth-order valence-corrected chi connectivity index (χ4v) is 1.64. The molecule has 0 amide bonds. The molecule has 1 aromatic carbocycles. The first-order chi connectivity index (χ1) is 8.86. The van der Waals surface area contributed by atoms with E-state index in [1.54, 1.807) is 7.11 Å². The molecule has 0 saturated heterocycles. The molecule has 0 radical (unpaired) electrons. The van der Waals surface area contributed by atoms with Gasteiger partial charge in [0.15, 0.2) is 0 Å². The summed E-state index contributed by atoms with van der Waals surface area (Å²) in [5, 5.41) is 3.35. The van der Waals surface area contributed by atoms with Gasteiger partial charge in [-0.3, -0.25) is 0 Å². The van der Waals surface area contributed by atoms with Crippen LogP contribution in [0.4, 0.5) is 0 Å². The van der Waals surface area contributed by atoms with E-state index in [4.69, 9.17) is 9.47 Å². The van der Waals surface area contributed by atoms with Gasteiger partial charge in [-0.1, -0.05) is 25.5 Å². The van der Waals surface area contributed by atoms with Gasteiger partial charge in [-0.2, -0.15) is 0 Å². The van der Waals surface area contributed by atoms with Crippen LogP contribution in [0, 0.1) is 0 Å². The first-order valence-electron chi connectivity index (χ1n) is 6.78. The Hall–Kier alpha value is -1.06. The highest BCUT2D eigenvalue weighted by molar-refractivity contribution is 5.27. The van der Waals surface area contributed by atoms with Gasteiger partial charge in [-0.15, -0.1) is 0 Å². The zero-order valence-corrected chi connectivity index (χ0v) is 11.6. The molecular weight excluding hydrogens is 226 g/mol. The summed E-state index contributed by atoms with van der Waals surface area (Å²) in [6.07, 6.45) is 3.42. The minimum atomic E-state index is 0.723. The maximum Gasteiger partial charge on any atom is 0.119 e. The van der Waals surface area contributed by atoms with Gasteiger partial charge in [-0.05, 0) is 37.1 Å². The first kappa shape index (κ1) is 15.0. The largest absolute Gasteiger partial charge is 0.492 e. The van der Waals surface area contributed by atoms with Gasteiger partial charge >= 0.3 is 0 Å². The molecule has 102 valence electrons. The Bertz CT molecular complexity index is 298. The van der Waals surface area contributed by atoms with Gasteiger partial charge in [0, 0.05) is 13.7 Å². The molecular formula is C15H25NO2. The van der Waals surface area contributed by atoms with Crippen molar-refractivity contribution in [3.05, 3.63) is 29.8 Å². The van der Waals surface area contributed by atoms with E-state index in [-0.39, 0.29) is 0 Å². The number of hydrogen-bond acceptors (Lipinski definition) is 3. The van der Waals surface area contributed by atoms with Crippen molar-refractivity contribution in [2.75, 3.05) is 33.4 Å². The Kier molecular flexibility index (Phi) is 8.26. The van der Waals surface area contributed by atoms with Crippen LogP contribution in [0.2, 0.25) is 0 Å². The molecule has 0 unspecified atom stereocenters. The van der Waals surface area contributed by atoms with Gasteiger partial charge in [0.25, 0.3) is 0 Å². The van der Waals surface area contributed by atoms with Crippen LogP contribution in [0.3, 0.4) is 0 Å². The van der Waals surface area contributed by atoms with Crippen LogP contribution in [0.1, 0.15) is 25.3 Å². The molecule has 1 aromatic rings. The summed E-state index contributed by atoms with van der Waals surface area (Å²) in [5.74, 6) is 0.938. The van der Waals surface area contributed by atoms with E-state index >= 15 is 0 Å². The smallest absolute Gasteiger partial charge is 0.119 e. The quantitative estimate of drug-likeness (QED) is 0.648. The Morgan fingerprint density at radius 2 is 1.83 bits per heavy atom. The van der Waals surface area contributed by atoms with Crippen molar-refractivity contribution >= 4 is 0 Å². The lowest BCUT2D eigenvalue weighted by Crippen LogP contribution is -2.21. The number of methoxy groups -OCH3 is 1. The molecule has 18 heavy (non-hydrogen) atoms. The average Bonchev–Trinajstić information content (AvgIpc) is 2.42. The summed E-state index contributed by atoms with van der Waals surface area (Å²) >= 11 is 0. The van der Waals surface area contributed by atoms with E-state index in [0.717, 1.165) is 38.5 Å². The van der Waals surface area contributed by atoms with E-state index in [0.29, 0.717) is 0 Å². The second kappa shape index (κ2) is 9.92. The predicted octanol–water partition coefficient (Wildman–Crippen LogP) is 2.64. The monoisotopic (exact) mass is 251 g/mol. The van der Waals surface area contributed by atoms with Crippen LogP contribution in [0.25, 0.3) is 0 Å². The molecule has 1 N–H and O–H groups in total. The topological polar surface area (TPSA) is 30.5 Å². The van der Waals surface area contributed by atoms with Gasteiger partial charge in [-0.25, -0.2) is 0 Å². The molecule has 0 aromatic heterocycles. The molecule has 0 aliphatic heterocycles. The van der Waals surface area contributed by atoms with Crippen molar-refractivity contribution in [3.8, 4) is 5.75 Å². The number of nitrogens with one attached hydrogen (secondary N) is 1. The van der Waals surface area contributed by atoms with Gasteiger partial charge in [0.05, 0.1) is 6.61 Å². The van der Waals surface area contributed by atoms with Crippen LogP contribution >= 0.6 is 0 Å². The second-order valence-corrected chi connectivity index (χ2v) is 4.34. The van der Waals surface area contributed by atoms with E-state index in [2.05, 4.69) is 24.4 Å². The average molecular weight is 251 g/mol. The number of ether oxygens (including phenoxy) is 2. The summed E-state index contributed by atoms with van der Waals surface area (Å²) in [6, 6.07) is 8.24. The minimum Gasteiger partial charge on any atom is -0.492 e. The molecule has 1 rings (SSSR count). The lowest BCUT2D eigenvalue weighted by atomic mass is 10.1.